The minimum atomic E-state index is -1.73. The number of rotatable bonds is 4. The van der Waals surface area contributed by atoms with Gasteiger partial charge in [0.05, 0.1) is 30.4 Å². The van der Waals surface area contributed by atoms with E-state index in [4.69, 9.17) is 0 Å². The molecule has 0 radical (unpaired) electrons. The lowest BCUT2D eigenvalue weighted by atomic mass is 10.2. The summed E-state index contributed by atoms with van der Waals surface area (Å²) >= 11 is 0. The Balaban J connectivity index is 2.49. The summed E-state index contributed by atoms with van der Waals surface area (Å²) in [7, 11) is -1.73. The first kappa shape index (κ1) is 15.8. The highest BCUT2D eigenvalue weighted by Gasteiger charge is 2.18. The van der Waals surface area contributed by atoms with Gasteiger partial charge in [-0.15, -0.1) is 0 Å². The zero-order valence-corrected chi connectivity index (χ0v) is 12.6. The third-order valence-corrected chi connectivity index (χ3v) is 4.55. The summed E-state index contributed by atoms with van der Waals surface area (Å²) < 4.78 is 12.5. The van der Waals surface area contributed by atoms with Gasteiger partial charge >= 0.3 is 0 Å². The van der Waals surface area contributed by atoms with Crippen LogP contribution in [-0.4, -0.2) is 14.1 Å². The average Bonchev–Trinajstić information content (AvgIpc) is 2.47. The molecule has 0 spiro atoms. The minimum absolute atomic E-state index is 0.132. The summed E-state index contributed by atoms with van der Waals surface area (Å²) in [5.74, 6) is 0. The van der Waals surface area contributed by atoms with E-state index in [1.807, 2.05) is 0 Å². The first-order chi connectivity index (χ1) is 10.3. The zero-order chi connectivity index (χ0) is 16.4. The maximum Gasteiger partial charge on any atom is 0.273 e. The molecule has 0 amide bonds. The molecule has 0 atom stereocenters. The predicted molar refractivity (Wildman–Crippen MR) is 80.3 cm³/mol. The topological polar surface area (TPSA) is 103 Å². The lowest BCUT2D eigenvalue weighted by Gasteiger charge is -2.05. The van der Waals surface area contributed by atoms with Gasteiger partial charge in [0.25, 0.3) is 11.4 Å². The second kappa shape index (κ2) is 6.02. The average molecular weight is 320 g/mol. The molecule has 0 aliphatic heterocycles. The van der Waals surface area contributed by atoms with Crippen molar-refractivity contribution in [2.24, 2.45) is 0 Å². The first-order valence-electron chi connectivity index (χ1n) is 6.23. The van der Waals surface area contributed by atoms with Gasteiger partial charge in [0.2, 0.25) is 0 Å². The normalized spacial score (nSPS) is 10.7. The predicted octanol–water partition coefficient (Wildman–Crippen LogP) is 3.29. The van der Waals surface area contributed by atoms with Crippen LogP contribution in [0.15, 0.2) is 46.2 Å². The monoisotopic (exact) mass is 320 g/mol. The van der Waals surface area contributed by atoms with E-state index in [-0.39, 0.29) is 21.2 Å². The van der Waals surface area contributed by atoms with Gasteiger partial charge in [-0.05, 0) is 26.0 Å². The zero-order valence-electron chi connectivity index (χ0n) is 11.8. The molecule has 0 aliphatic carbocycles. The lowest BCUT2D eigenvalue weighted by Crippen LogP contribution is -1.99. The smallest absolute Gasteiger partial charge is 0.258 e. The molecule has 7 nitrogen and oxygen atoms in total. The summed E-state index contributed by atoms with van der Waals surface area (Å²) in [6.45, 7) is 3.17. The summed E-state index contributed by atoms with van der Waals surface area (Å²) in [5, 5.41) is 21.9. The standard InChI is InChI=1S/C14H12N2O5S/c1-9-3-5-11(7-13(9)15(17)18)22(21)12-6-4-10(2)14(8-12)16(19)20/h3-8H,1-2H3. The fraction of sp³-hybridized carbons (Fsp3) is 0.143. The highest BCUT2D eigenvalue weighted by molar-refractivity contribution is 7.85. The van der Waals surface area contributed by atoms with E-state index in [1.54, 1.807) is 13.8 Å². The summed E-state index contributed by atoms with van der Waals surface area (Å²) in [5.41, 5.74) is 0.654. The van der Waals surface area contributed by atoms with Crippen molar-refractivity contribution in [1.29, 1.82) is 0 Å². The van der Waals surface area contributed by atoms with Crippen LogP contribution in [0.1, 0.15) is 11.1 Å². The highest BCUT2D eigenvalue weighted by Crippen LogP contribution is 2.27. The Morgan fingerprint density at radius 2 is 1.18 bits per heavy atom. The third-order valence-electron chi connectivity index (χ3n) is 3.18. The number of nitro groups is 2. The van der Waals surface area contributed by atoms with Gasteiger partial charge in [-0.2, -0.15) is 0 Å². The largest absolute Gasteiger partial charge is 0.273 e. The van der Waals surface area contributed by atoms with Crippen LogP contribution in [0, 0.1) is 34.1 Å². The SMILES string of the molecule is Cc1ccc(S(=O)c2ccc(C)c([N+](=O)[O-])c2)cc1[N+](=O)[O-]. The number of nitro benzene ring substituents is 2. The van der Waals surface area contributed by atoms with Crippen LogP contribution in [0.4, 0.5) is 11.4 Å². The molecule has 0 N–H and O–H groups in total. The van der Waals surface area contributed by atoms with E-state index in [9.17, 15) is 24.4 Å². The van der Waals surface area contributed by atoms with Crippen molar-refractivity contribution >= 4 is 22.2 Å². The summed E-state index contributed by atoms with van der Waals surface area (Å²) in [4.78, 5) is 21.2. The van der Waals surface area contributed by atoms with E-state index in [2.05, 4.69) is 0 Å². The fourth-order valence-corrected chi connectivity index (χ4v) is 3.03. The Morgan fingerprint density at radius 1 is 0.818 bits per heavy atom. The van der Waals surface area contributed by atoms with E-state index in [0.717, 1.165) is 0 Å². The van der Waals surface area contributed by atoms with Crippen LogP contribution in [0.25, 0.3) is 0 Å². The second-order valence-electron chi connectivity index (χ2n) is 4.68. The van der Waals surface area contributed by atoms with Crippen LogP contribution in [-0.2, 0) is 10.8 Å². The molecular weight excluding hydrogens is 308 g/mol. The molecule has 0 bridgehead atoms. The molecule has 2 aromatic rings. The Hall–Kier alpha value is -2.61. The first-order valence-corrected chi connectivity index (χ1v) is 7.38. The van der Waals surface area contributed by atoms with Crippen molar-refractivity contribution in [3.63, 3.8) is 0 Å². The van der Waals surface area contributed by atoms with E-state index >= 15 is 0 Å². The third kappa shape index (κ3) is 3.01. The van der Waals surface area contributed by atoms with Crippen molar-refractivity contribution in [2.75, 3.05) is 0 Å². The van der Waals surface area contributed by atoms with Gasteiger partial charge in [0.1, 0.15) is 0 Å². The summed E-state index contributed by atoms with van der Waals surface area (Å²) in [6, 6.07) is 8.52. The van der Waals surface area contributed by atoms with Crippen molar-refractivity contribution in [1.82, 2.24) is 0 Å². The Labute approximate surface area is 128 Å². The van der Waals surface area contributed by atoms with Crippen molar-refractivity contribution in [3.8, 4) is 0 Å². The van der Waals surface area contributed by atoms with E-state index in [1.165, 1.54) is 36.4 Å². The molecule has 0 fully saturated rings. The molecule has 0 aromatic heterocycles. The van der Waals surface area contributed by atoms with Crippen LogP contribution < -0.4 is 0 Å². The number of aryl methyl sites for hydroxylation is 2. The Morgan fingerprint density at radius 3 is 1.50 bits per heavy atom. The molecular formula is C14H12N2O5S. The molecule has 0 aliphatic rings. The maximum absolute atomic E-state index is 12.5. The number of nitrogens with zero attached hydrogens (tertiary/aromatic N) is 2. The van der Waals surface area contributed by atoms with Crippen molar-refractivity contribution < 1.29 is 14.1 Å². The molecule has 0 heterocycles. The van der Waals surface area contributed by atoms with Crippen LogP contribution in [0.3, 0.4) is 0 Å². The molecule has 2 rings (SSSR count). The quantitative estimate of drug-likeness (QED) is 0.635. The van der Waals surface area contributed by atoms with E-state index in [0.29, 0.717) is 11.1 Å². The second-order valence-corrected chi connectivity index (χ2v) is 6.16. The molecule has 114 valence electrons. The van der Waals surface area contributed by atoms with Gasteiger partial charge in [0.15, 0.2) is 0 Å². The molecule has 2 aromatic carbocycles. The number of benzene rings is 2. The van der Waals surface area contributed by atoms with Crippen molar-refractivity contribution in [3.05, 3.63) is 67.8 Å². The van der Waals surface area contributed by atoms with Gasteiger partial charge in [-0.3, -0.25) is 20.2 Å². The van der Waals surface area contributed by atoms with Gasteiger partial charge in [-0.25, -0.2) is 4.21 Å². The van der Waals surface area contributed by atoms with Crippen LogP contribution in [0.2, 0.25) is 0 Å². The highest BCUT2D eigenvalue weighted by atomic mass is 32.2. The molecule has 0 saturated carbocycles. The lowest BCUT2D eigenvalue weighted by molar-refractivity contribution is -0.385. The minimum Gasteiger partial charge on any atom is -0.258 e. The Bertz CT molecular complexity index is 738. The number of hydrogen-bond donors (Lipinski definition) is 0. The fourth-order valence-electron chi connectivity index (χ4n) is 1.94. The molecule has 0 unspecified atom stereocenters. The van der Waals surface area contributed by atoms with Gasteiger partial charge in [0, 0.05) is 23.3 Å². The maximum atomic E-state index is 12.5. The molecule has 8 heteroatoms. The van der Waals surface area contributed by atoms with Crippen molar-refractivity contribution in [2.45, 2.75) is 23.6 Å². The van der Waals surface area contributed by atoms with Gasteiger partial charge in [-0.1, -0.05) is 12.1 Å². The number of hydrogen-bond acceptors (Lipinski definition) is 5. The van der Waals surface area contributed by atoms with E-state index < -0.39 is 20.6 Å². The van der Waals surface area contributed by atoms with Gasteiger partial charge < -0.3 is 0 Å². The summed E-state index contributed by atoms with van der Waals surface area (Å²) in [6.07, 6.45) is 0. The van der Waals surface area contributed by atoms with Crippen LogP contribution >= 0.6 is 0 Å². The van der Waals surface area contributed by atoms with Crippen LogP contribution in [0.5, 0.6) is 0 Å². The Kier molecular flexibility index (Phi) is 4.32. The molecule has 22 heavy (non-hydrogen) atoms. The molecule has 0 saturated heterocycles.